The van der Waals surface area contributed by atoms with Crippen LogP contribution in [0.3, 0.4) is 0 Å². The fraction of sp³-hybridized carbons (Fsp3) is 0.269. The highest BCUT2D eigenvalue weighted by molar-refractivity contribution is 7.92. The Morgan fingerprint density at radius 1 is 0.857 bits per heavy atom. The molecule has 0 aliphatic carbocycles. The molecule has 0 radical (unpaired) electrons. The van der Waals surface area contributed by atoms with Crippen molar-refractivity contribution in [2.45, 2.75) is 25.3 Å². The van der Waals surface area contributed by atoms with Crippen molar-refractivity contribution in [1.82, 2.24) is 5.32 Å². The molecular weight excluding hydrogens is 468 g/mol. The lowest BCUT2D eigenvalue weighted by Crippen LogP contribution is -2.40. The predicted molar refractivity (Wildman–Crippen MR) is 135 cm³/mol. The second-order valence-electron chi connectivity index (χ2n) is 7.93. The van der Waals surface area contributed by atoms with Gasteiger partial charge in [0.25, 0.3) is 10.0 Å². The number of hydrogen-bond donors (Lipinski definition) is 1. The number of carbonyl (C=O) groups is 1. The largest absolute Gasteiger partial charge is 0.493 e. The van der Waals surface area contributed by atoms with E-state index in [9.17, 15) is 13.2 Å². The molecule has 8 nitrogen and oxygen atoms in total. The van der Waals surface area contributed by atoms with Gasteiger partial charge in [-0.3, -0.25) is 9.10 Å². The molecule has 0 aromatic heterocycles. The van der Waals surface area contributed by atoms with Crippen molar-refractivity contribution < 1.29 is 27.4 Å². The summed E-state index contributed by atoms with van der Waals surface area (Å²) >= 11 is 0. The van der Waals surface area contributed by atoms with Gasteiger partial charge in [0.2, 0.25) is 11.7 Å². The van der Waals surface area contributed by atoms with Crippen LogP contribution in [0.2, 0.25) is 0 Å². The Balaban J connectivity index is 1.87. The van der Waals surface area contributed by atoms with Crippen LogP contribution in [0.1, 0.15) is 16.7 Å². The smallest absolute Gasteiger partial charge is 0.264 e. The van der Waals surface area contributed by atoms with Crippen LogP contribution in [-0.4, -0.2) is 42.2 Å². The molecule has 3 aromatic carbocycles. The molecule has 0 heterocycles. The molecule has 3 aromatic rings. The molecule has 0 aliphatic heterocycles. The average Bonchev–Trinajstić information content (AvgIpc) is 2.85. The summed E-state index contributed by atoms with van der Waals surface area (Å²) in [7, 11) is 0.529. The first kappa shape index (κ1) is 25.9. The molecule has 0 atom stereocenters. The quantitative estimate of drug-likeness (QED) is 0.457. The zero-order chi connectivity index (χ0) is 25.6. The van der Waals surface area contributed by atoms with E-state index < -0.39 is 22.5 Å². The SMILES string of the molecule is COc1ccc(CNC(=O)CN(c2cccc(C)c2)S(=O)(=O)c2ccc(C)cc2)c(OC)c1OC. The van der Waals surface area contributed by atoms with Gasteiger partial charge in [-0.05, 0) is 55.8 Å². The molecule has 9 heteroatoms. The van der Waals surface area contributed by atoms with Crippen molar-refractivity contribution in [2.75, 3.05) is 32.2 Å². The minimum atomic E-state index is -3.99. The molecule has 1 amide bonds. The fourth-order valence-corrected chi connectivity index (χ4v) is 5.03. The number of benzene rings is 3. The minimum Gasteiger partial charge on any atom is -0.493 e. The molecule has 1 N–H and O–H groups in total. The number of carbonyl (C=O) groups excluding carboxylic acids is 1. The summed E-state index contributed by atoms with van der Waals surface area (Å²) in [5.74, 6) is 0.855. The maximum atomic E-state index is 13.5. The number of nitrogens with one attached hydrogen (secondary N) is 1. The lowest BCUT2D eigenvalue weighted by atomic mass is 10.1. The summed E-state index contributed by atoms with van der Waals surface area (Å²) in [6.45, 7) is 3.46. The number of rotatable bonds is 10. The van der Waals surface area contributed by atoms with Crippen LogP contribution in [0.15, 0.2) is 65.6 Å². The van der Waals surface area contributed by atoms with Gasteiger partial charge in [0, 0.05) is 12.1 Å². The molecule has 0 saturated heterocycles. The zero-order valence-electron chi connectivity index (χ0n) is 20.5. The molecule has 35 heavy (non-hydrogen) atoms. The van der Waals surface area contributed by atoms with Gasteiger partial charge in [0.1, 0.15) is 6.54 Å². The fourth-order valence-electron chi connectivity index (χ4n) is 3.62. The Morgan fingerprint density at radius 3 is 2.14 bits per heavy atom. The number of ether oxygens (including phenoxy) is 3. The summed E-state index contributed by atoms with van der Waals surface area (Å²) in [6, 6.07) is 17.0. The number of sulfonamides is 1. The third-order valence-corrected chi connectivity index (χ3v) is 7.24. The number of nitrogens with zero attached hydrogens (tertiary/aromatic N) is 1. The van der Waals surface area contributed by atoms with E-state index in [2.05, 4.69) is 5.32 Å². The first-order chi connectivity index (χ1) is 16.7. The Kier molecular flexibility index (Phi) is 8.24. The molecular formula is C26H30N2O6S. The Morgan fingerprint density at radius 2 is 1.54 bits per heavy atom. The van der Waals surface area contributed by atoms with Crippen molar-refractivity contribution in [3.8, 4) is 17.2 Å². The van der Waals surface area contributed by atoms with Gasteiger partial charge in [0.05, 0.1) is 31.9 Å². The lowest BCUT2D eigenvalue weighted by Gasteiger charge is -2.24. The average molecular weight is 499 g/mol. The standard InChI is InChI=1S/C26H30N2O6S/c1-18-9-12-22(13-10-18)35(30,31)28(21-8-6-7-19(2)15-21)17-24(29)27-16-20-11-14-23(32-3)26(34-5)25(20)33-4/h6-15H,16-17H2,1-5H3,(H,27,29). The van der Waals surface area contributed by atoms with Crippen molar-refractivity contribution in [2.24, 2.45) is 0 Å². The van der Waals surface area contributed by atoms with Gasteiger partial charge < -0.3 is 19.5 Å². The maximum absolute atomic E-state index is 13.5. The van der Waals surface area contributed by atoms with E-state index >= 15 is 0 Å². The molecule has 0 bridgehead atoms. The van der Waals surface area contributed by atoms with Crippen LogP contribution in [0, 0.1) is 13.8 Å². The number of hydrogen-bond acceptors (Lipinski definition) is 6. The first-order valence-electron chi connectivity index (χ1n) is 10.9. The Bertz CT molecular complexity index is 1290. The Hall–Kier alpha value is -3.72. The van der Waals surface area contributed by atoms with Gasteiger partial charge in [-0.15, -0.1) is 0 Å². The number of aryl methyl sites for hydroxylation is 2. The van der Waals surface area contributed by atoms with Gasteiger partial charge in [-0.2, -0.15) is 0 Å². The zero-order valence-corrected chi connectivity index (χ0v) is 21.3. The summed E-state index contributed by atoms with van der Waals surface area (Å²) in [5.41, 5.74) is 2.88. The number of methoxy groups -OCH3 is 3. The minimum absolute atomic E-state index is 0.106. The third kappa shape index (κ3) is 5.86. The normalized spacial score (nSPS) is 11.0. The van der Waals surface area contributed by atoms with Gasteiger partial charge in [-0.1, -0.05) is 29.8 Å². The van der Waals surface area contributed by atoms with E-state index in [1.54, 1.807) is 54.6 Å². The second-order valence-corrected chi connectivity index (χ2v) is 9.80. The Labute approximate surface area is 206 Å². The van der Waals surface area contributed by atoms with Crippen LogP contribution in [0.4, 0.5) is 5.69 Å². The van der Waals surface area contributed by atoms with Gasteiger partial charge in [0.15, 0.2) is 11.5 Å². The van der Waals surface area contributed by atoms with Crippen LogP contribution >= 0.6 is 0 Å². The predicted octanol–water partition coefficient (Wildman–Crippen LogP) is 3.84. The van der Waals surface area contributed by atoms with Gasteiger partial charge in [-0.25, -0.2) is 8.42 Å². The highest BCUT2D eigenvalue weighted by atomic mass is 32.2. The maximum Gasteiger partial charge on any atom is 0.264 e. The second kappa shape index (κ2) is 11.1. The number of amides is 1. The summed E-state index contributed by atoms with van der Waals surface area (Å²) in [4.78, 5) is 13.1. The van der Waals surface area contributed by atoms with E-state index in [-0.39, 0.29) is 11.4 Å². The van der Waals surface area contributed by atoms with Gasteiger partial charge >= 0.3 is 0 Å². The topological polar surface area (TPSA) is 94.2 Å². The molecule has 0 fully saturated rings. The van der Waals surface area contributed by atoms with Crippen LogP contribution in [-0.2, 0) is 21.4 Å². The molecule has 186 valence electrons. The summed E-state index contributed by atoms with van der Waals surface area (Å²) in [6.07, 6.45) is 0. The van der Waals surface area contributed by atoms with Crippen LogP contribution < -0.4 is 23.8 Å². The van der Waals surface area contributed by atoms with E-state index in [1.807, 2.05) is 19.9 Å². The summed E-state index contributed by atoms with van der Waals surface area (Å²) in [5, 5.41) is 2.79. The van der Waals surface area contributed by atoms with E-state index in [0.29, 0.717) is 28.5 Å². The highest BCUT2D eigenvalue weighted by Gasteiger charge is 2.27. The van der Waals surface area contributed by atoms with Crippen LogP contribution in [0.25, 0.3) is 0 Å². The molecule has 0 aliphatic rings. The molecule has 3 rings (SSSR count). The molecule has 0 unspecified atom stereocenters. The monoisotopic (exact) mass is 498 g/mol. The molecule has 0 spiro atoms. The van der Waals surface area contributed by atoms with Crippen molar-refractivity contribution in [3.05, 3.63) is 77.4 Å². The number of anilines is 1. The summed E-state index contributed by atoms with van der Waals surface area (Å²) < 4.78 is 44.3. The van der Waals surface area contributed by atoms with Crippen molar-refractivity contribution in [3.63, 3.8) is 0 Å². The molecule has 0 saturated carbocycles. The lowest BCUT2D eigenvalue weighted by molar-refractivity contribution is -0.119. The van der Waals surface area contributed by atoms with Crippen molar-refractivity contribution >= 4 is 21.6 Å². The van der Waals surface area contributed by atoms with Crippen molar-refractivity contribution in [1.29, 1.82) is 0 Å². The van der Waals surface area contributed by atoms with E-state index in [1.165, 1.54) is 21.3 Å². The first-order valence-corrected chi connectivity index (χ1v) is 12.4. The van der Waals surface area contributed by atoms with E-state index in [0.717, 1.165) is 15.4 Å². The van der Waals surface area contributed by atoms with Crippen LogP contribution in [0.5, 0.6) is 17.2 Å². The third-order valence-electron chi connectivity index (χ3n) is 5.45. The highest BCUT2D eigenvalue weighted by Crippen LogP contribution is 2.39. The van der Waals surface area contributed by atoms with E-state index in [4.69, 9.17) is 14.2 Å².